The Labute approximate surface area is 160 Å². The third-order valence-electron chi connectivity index (χ3n) is 4.48. The van der Waals surface area contributed by atoms with Gasteiger partial charge in [0.2, 0.25) is 5.91 Å². The van der Waals surface area contributed by atoms with E-state index in [4.69, 9.17) is 4.74 Å². The van der Waals surface area contributed by atoms with E-state index in [1.54, 1.807) is 4.90 Å². The highest BCUT2D eigenvalue weighted by molar-refractivity contribution is 6.02. The highest BCUT2D eigenvalue weighted by Crippen LogP contribution is 2.20. The van der Waals surface area contributed by atoms with E-state index in [1.165, 1.54) is 22.5 Å². The molecule has 2 amide bonds. The number of carbonyl (C=O) groups excluding carboxylic acids is 2. The van der Waals surface area contributed by atoms with E-state index in [2.05, 4.69) is 15.5 Å². The number of aromatic nitrogens is 4. The molecule has 0 atom stereocenters. The van der Waals surface area contributed by atoms with Gasteiger partial charge in [-0.1, -0.05) is 0 Å². The predicted molar refractivity (Wildman–Crippen MR) is 96.9 cm³/mol. The van der Waals surface area contributed by atoms with Crippen molar-refractivity contribution in [2.24, 2.45) is 0 Å². The van der Waals surface area contributed by atoms with Gasteiger partial charge >= 0.3 is 5.69 Å². The standard InChI is InChI=1S/C16H21N7O5/c1-3-21-15(16(25)20-4-6-28-7-5-20)12(8-17-21)19-14(24)10-22-11(2)13(9-18-22)23(26)27/h8-9H,3-7,10H2,1-2H3,(H,19,24). The Morgan fingerprint density at radius 2 is 1.93 bits per heavy atom. The van der Waals surface area contributed by atoms with Crippen molar-refractivity contribution >= 4 is 23.2 Å². The van der Waals surface area contributed by atoms with Crippen LogP contribution >= 0.6 is 0 Å². The van der Waals surface area contributed by atoms with Crippen LogP contribution in [0.15, 0.2) is 12.4 Å². The number of hydrogen-bond donors (Lipinski definition) is 1. The van der Waals surface area contributed by atoms with E-state index in [0.717, 1.165) is 6.20 Å². The number of nitrogens with zero attached hydrogens (tertiary/aromatic N) is 6. The van der Waals surface area contributed by atoms with Crippen molar-refractivity contribution in [3.8, 4) is 0 Å². The second-order valence-corrected chi connectivity index (χ2v) is 6.21. The number of amides is 2. The third kappa shape index (κ3) is 3.86. The first kappa shape index (κ1) is 19.5. The van der Waals surface area contributed by atoms with Crippen LogP contribution in [0, 0.1) is 17.0 Å². The summed E-state index contributed by atoms with van der Waals surface area (Å²) in [6.07, 6.45) is 2.53. The van der Waals surface area contributed by atoms with Gasteiger partial charge in [0.25, 0.3) is 5.91 Å². The zero-order valence-electron chi connectivity index (χ0n) is 15.6. The summed E-state index contributed by atoms with van der Waals surface area (Å²) >= 11 is 0. The van der Waals surface area contributed by atoms with Gasteiger partial charge < -0.3 is 15.0 Å². The molecule has 3 heterocycles. The van der Waals surface area contributed by atoms with Crippen molar-refractivity contribution in [2.45, 2.75) is 26.9 Å². The predicted octanol–water partition coefficient (Wildman–Crippen LogP) is 0.427. The zero-order valence-corrected chi connectivity index (χ0v) is 15.6. The van der Waals surface area contributed by atoms with E-state index in [-0.39, 0.29) is 23.8 Å². The van der Waals surface area contributed by atoms with Gasteiger partial charge in [-0.3, -0.25) is 29.1 Å². The number of nitro groups is 1. The molecule has 1 N–H and O–H groups in total. The Morgan fingerprint density at radius 3 is 2.54 bits per heavy atom. The van der Waals surface area contributed by atoms with Crippen molar-refractivity contribution in [3.05, 3.63) is 33.9 Å². The summed E-state index contributed by atoms with van der Waals surface area (Å²) in [5, 5.41) is 21.6. The highest BCUT2D eigenvalue weighted by Gasteiger charge is 2.26. The van der Waals surface area contributed by atoms with Gasteiger partial charge in [0.15, 0.2) is 0 Å². The molecule has 1 fully saturated rings. The van der Waals surface area contributed by atoms with Crippen molar-refractivity contribution in [2.75, 3.05) is 31.6 Å². The smallest absolute Gasteiger partial charge is 0.309 e. The van der Waals surface area contributed by atoms with Crippen LogP contribution in [0.5, 0.6) is 0 Å². The van der Waals surface area contributed by atoms with Crippen molar-refractivity contribution < 1.29 is 19.2 Å². The summed E-state index contributed by atoms with van der Waals surface area (Å²) in [6.45, 7) is 5.47. The monoisotopic (exact) mass is 391 g/mol. The topological polar surface area (TPSA) is 137 Å². The van der Waals surface area contributed by atoms with Crippen LogP contribution in [0.2, 0.25) is 0 Å². The lowest BCUT2D eigenvalue weighted by atomic mass is 10.2. The van der Waals surface area contributed by atoms with Crippen LogP contribution in [0.4, 0.5) is 11.4 Å². The molecule has 2 aromatic heterocycles. The molecule has 1 aliphatic rings. The maximum atomic E-state index is 12.9. The number of rotatable bonds is 6. The minimum atomic E-state index is -0.554. The Hall–Kier alpha value is -3.28. The summed E-state index contributed by atoms with van der Waals surface area (Å²) in [4.78, 5) is 37.3. The van der Waals surface area contributed by atoms with Gasteiger partial charge in [-0.2, -0.15) is 10.2 Å². The summed E-state index contributed by atoms with van der Waals surface area (Å²) in [5.74, 6) is -0.698. The summed E-state index contributed by atoms with van der Waals surface area (Å²) < 4.78 is 8.03. The number of anilines is 1. The van der Waals surface area contributed by atoms with E-state index in [0.29, 0.717) is 44.2 Å². The van der Waals surface area contributed by atoms with Crippen LogP contribution < -0.4 is 5.32 Å². The molecule has 12 nitrogen and oxygen atoms in total. The van der Waals surface area contributed by atoms with Crippen molar-refractivity contribution in [1.29, 1.82) is 0 Å². The molecule has 12 heteroatoms. The fourth-order valence-electron chi connectivity index (χ4n) is 2.96. The van der Waals surface area contributed by atoms with Crippen LogP contribution in [0.3, 0.4) is 0 Å². The summed E-state index contributed by atoms with van der Waals surface area (Å²) in [7, 11) is 0. The van der Waals surface area contributed by atoms with Crippen molar-refractivity contribution in [1.82, 2.24) is 24.5 Å². The molecular weight excluding hydrogens is 370 g/mol. The average molecular weight is 391 g/mol. The van der Waals surface area contributed by atoms with E-state index < -0.39 is 10.8 Å². The first-order valence-electron chi connectivity index (χ1n) is 8.81. The second kappa shape index (κ2) is 8.17. The normalized spacial score (nSPS) is 14.1. The Kier molecular flexibility index (Phi) is 5.68. The highest BCUT2D eigenvalue weighted by atomic mass is 16.6. The number of carbonyl (C=O) groups is 2. The molecule has 0 saturated carbocycles. The molecule has 0 spiro atoms. The molecule has 1 aliphatic heterocycles. The van der Waals surface area contributed by atoms with Crippen LogP contribution in [0.1, 0.15) is 23.1 Å². The molecule has 0 aromatic carbocycles. The first-order chi connectivity index (χ1) is 13.4. The van der Waals surface area contributed by atoms with Gasteiger partial charge in [0.1, 0.15) is 24.1 Å². The van der Waals surface area contributed by atoms with Gasteiger partial charge in [-0.25, -0.2) is 0 Å². The van der Waals surface area contributed by atoms with Gasteiger partial charge in [-0.15, -0.1) is 0 Å². The van der Waals surface area contributed by atoms with Gasteiger partial charge in [0, 0.05) is 19.6 Å². The molecular formula is C16H21N7O5. The van der Waals surface area contributed by atoms with Crippen LogP contribution in [0.25, 0.3) is 0 Å². The lowest BCUT2D eigenvalue weighted by molar-refractivity contribution is -0.385. The molecule has 0 radical (unpaired) electrons. The lowest BCUT2D eigenvalue weighted by Gasteiger charge is -2.27. The van der Waals surface area contributed by atoms with E-state index in [9.17, 15) is 19.7 Å². The van der Waals surface area contributed by atoms with Gasteiger partial charge in [0.05, 0.1) is 30.0 Å². The number of aryl methyl sites for hydroxylation is 1. The summed E-state index contributed by atoms with van der Waals surface area (Å²) in [6, 6.07) is 0. The molecule has 3 rings (SSSR count). The lowest BCUT2D eigenvalue weighted by Crippen LogP contribution is -2.41. The minimum Gasteiger partial charge on any atom is -0.378 e. The number of hydrogen-bond acceptors (Lipinski definition) is 7. The average Bonchev–Trinajstić information content (AvgIpc) is 3.25. The Morgan fingerprint density at radius 1 is 1.25 bits per heavy atom. The largest absolute Gasteiger partial charge is 0.378 e. The fraction of sp³-hybridized carbons (Fsp3) is 0.500. The van der Waals surface area contributed by atoms with Gasteiger partial charge in [-0.05, 0) is 13.8 Å². The van der Waals surface area contributed by atoms with E-state index in [1.807, 2.05) is 6.92 Å². The minimum absolute atomic E-state index is 0.158. The quantitative estimate of drug-likeness (QED) is 0.556. The number of ether oxygens (including phenoxy) is 1. The zero-order chi connectivity index (χ0) is 20.3. The molecule has 0 aliphatic carbocycles. The number of morpholine rings is 1. The second-order valence-electron chi connectivity index (χ2n) is 6.21. The van der Waals surface area contributed by atoms with Crippen molar-refractivity contribution in [3.63, 3.8) is 0 Å². The number of nitrogens with one attached hydrogen (secondary N) is 1. The Balaban J connectivity index is 1.77. The fourth-order valence-corrected chi connectivity index (χ4v) is 2.96. The van der Waals surface area contributed by atoms with Crippen LogP contribution in [-0.4, -0.2) is 67.5 Å². The maximum Gasteiger partial charge on any atom is 0.309 e. The molecule has 0 unspecified atom stereocenters. The van der Waals surface area contributed by atoms with E-state index >= 15 is 0 Å². The Bertz CT molecular complexity index is 897. The molecule has 2 aromatic rings. The maximum absolute atomic E-state index is 12.9. The molecule has 28 heavy (non-hydrogen) atoms. The van der Waals surface area contributed by atoms with Crippen LogP contribution in [-0.2, 0) is 22.6 Å². The molecule has 0 bridgehead atoms. The molecule has 1 saturated heterocycles. The summed E-state index contributed by atoms with van der Waals surface area (Å²) in [5.41, 5.74) is 0.701. The third-order valence-corrected chi connectivity index (χ3v) is 4.48. The first-order valence-corrected chi connectivity index (χ1v) is 8.81. The molecule has 150 valence electrons. The SMILES string of the molecule is CCn1ncc(NC(=O)Cn2ncc([N+](=O)[O-])c2C)c1C(=O)N1CCOCC1.